The fraction of sp³-hybridized carbons (Fsp3) is 1.00. The zero-order valence-corrected chi connectivity index (χ0v) is 6.19. The van der Waals surface area contributed by atoms with E-state index in [9.17, 15) is 0 Å². The van der Waals surface area contributed by atoms with Gasteiger partial charge >= 0.3 is 0 Å². The Labute approximate surface area is 57.0 Å². The van der Waals surface area contributed by atoms with E-state index >= 15 is 0 Å². The Kier molecular flexibility index (Phi) is 1.26. The molecule has 2 aliphatic rings. The molecule has 52 valence electrons. The first-order chi connectivity index (χ1) is 4.38. The average molecular weight is 126 g/mol. The Morgan fingerprint density at radius 1 is 1.22 bits per heavy atom. The van der Waals surface area contributed by atoms with Crippen molar-refractivity contribution in [3.8, 4) is 0 Å². The third-order valence-corrected chi connectivity index (χ3v) is 3.12. The van der Waals surface area contributed by atoms with Crippen LogP contribution >= 0.6 is 0 Å². The Balaban J connectivity index is 2.07. The minimum atomic E-state index is 0.984. The van der Waals surface area contributed by atoms with Crippen molar-refractivity contribution >= 4 is 0 Å². The summed E-state index contributed by atoms with van der Waals surface area (Å²) in [6.45, 7) is 3.87. The van der Waals surface area contributed by atoms with Crippen molar-refractivity contribution in [3.63, 3.8) is 0 Å². The zero-order valence-electron chi connectivity index (χ0n) is 6.19. The predicted octanol–water partition coefficient (Wildman–Crippen LogP) is 0.216. The Morgan fingerprint density at radius 2 is 2.11 bits per heavy atom. The molecule has 0 aliphatic carbocycles. The van der Waals surface area contributed by atoms with Gasteiger partial charge in [0.2, 0.25) is 0 Å². The SMILES string of the molecule is C[C@H]1CCC2CCC[NH+]21. The molecule has 1 N–H and O–H groups in total. The van der Waals surface area contributed by atoms with Gasteiger partial charge in [0.15, 0.2) is 0 Å². The molecular formula is C8H16N+. The molecule has 2 heterocycles. The van der Waals surface area contributed by atoms with Crippen LogP contribution in [-0.4, -0.2) is 18.6 Å². The van der Waals surface area contributed by atoms with Crippen molar-refractivity contribution < 1.29 is 4.90 Å². The molecule has 2 unspecified atom stereocenters. The van der Waals surface area contributed by atoms with Crippen LogP contribution in [0.1, 0.15) is 32.6 Å². The van der Waals surface area contributed by atoms with Crippen LogP contribution in [-0.2, 0) is 0 Å². The highest BCUT2D eigenvalue weighted by Crippen LogP contribution is 2.14. The van der Waals surface area contributed by atoms with E-state index in [0.717, 1.165) is 12.1 Å². The van der Waals surface area contributed by atoms with Crippen LogP contribution < -0.4 is 4.90 Å². The minimum Gasteiger partial charge on any atom is -0.330 e. The molecule has 0 amide bonds. The summed E-state index contributed by atoms with van der Waals surface area (Å²) in [6, 6.07) is 2.05. The molecule has 2 rings (SSSR count). The number of nitrogens with one attached hydrogen (secondary N) is 1. The van der Waals surface area contributed by atoms with Crippen molar-refractivity contribution in [3.05, 3.63) is 0 Å². The summed E-state index contributed by atoms with van der Waals surface area (Å²) >= 11 is 0. The van der Waals surface area contributed by atoms with Gasteiger partial charge in [-0.1, -0.05) is 0 Å². The maximum Gasteiger partial charge on any atom is 0.0881 e. The van der Waals surface area contributed by atoms with E-state index in [4.69, 9.17) is 0 Å². The van der Waals surface area contributed by atoms with Gasteiger partial charge in [0.1, 0.15) is 0 Å². The molecular weight excluding hydrogens is 110 g/mol. The van der Waals surface area contributed by atoms with Gasteiger partial charge in [-0.2, -0.15) is 0 Å². The normalized spacial score (nSPS) is 49.7. The van der Waals surface area contributed by atoms with Crippen LogP contribution in [0, 0.1) is 0 Å². The van der Waals surface area contributed by atoms with E-state index in [1.54, 1.807) is 0 Å². The van der Waals surface area contributed by atoms with Gasteiger partial charge < -0.3 is 4.90 Å². The molecule has 0 aromatic carbocycles. The second kappa shape index (κ2) is 1.98. The van der Waals surface area contributed by atoms with Crippen molar-refractivity contribution in [2.75, 3.05) is 6.54 Å². The van der Waals surface area contributed by atoms with Gasteiger partial charge in [-0.3, -0.25) is 0 Å². The Morgan fingerprint density at radius 3 is 2.89 bits per heavy atom. The Hall–Kier alpha value is -0.0400. The van der Waals surface area contributed by atoms with E-state index in [1.165, 1.54) is 32.2 Å². The summed E-state index contributed by atoms with van der Waals surface area (Å²) in [5, 5.41) is 0. The molecule has 9 heavy (non-hydrogen) atoms. The third-order valence-electron chi connectivity index (χ3n) is 3.12. The van der Waals surface area contributed by atoms with Gasteiger partial charge in [-0.15, -0.1) is 0 Å². The monoisotopic (exact) mass is 126 g/mol. The van der Waals surface area contributed by atoms with E-state index in [0.29, 0.717) is 0 Å². The quantitative estimate of drug-likeness (QED) is 0.473. The lowest BCUT2D eigenvalue weighted by atomic mass is 10.1. The summed E-state index contributed by atoms with van der Waals surface area (Å²) in [5.74, 6) is 0. The van der Waals surface area contributed by atoms with Gasteiger partial charge in [-0.05, 0) is 6.92 Å². The summed E-state index contributed by atoms with van der Waals surface area (Å²) in [6.07, 6.45) is 6.00. The fourth-order valence-corrected chi connectivity index (χ4v) is 2.56. The van der Waals surface area contributed by atoms with Gasteiger partial charge in [0.05, 0.1) is 18.6 Å². The molecule has 0 spiro atoms. The van der Waals surface area contributed by atoms with Crippen LogP contribution in [0.3, 0.4) is 0 Å². The van der Waals surface area contributed by atoms with Gasteiger partial charge in [-0.25, -0.2) is 0 Å². The molecule has 0 saturated carbocycles. The highest BCUT2D eigenvalue weighted by Gasteiger charge is 2.37. The van der Waals surface area contributed by atoms with E-state index in [2.05, 4.69) is 6.92 Å². The van der Waals surface area contributed by atoms with Crippen molar-refractivity contribution in [2.24, 2.45) is 0 Å². The zero-order chi connectivity index (χ0) is 6.27. The van der Waals surface area contributed by atoms with Crippen molar-refractivity contribution in [1.82, 2.24) is 0 Å². The lowest BCUT2D eigenvalue weighted by Gasteiger charge is -2.16. The van der Waals surface area contributed by atoms with Crippen LogP contribution in [0.15, 0.2) is 0 Å². The molecule has 1 heteroatoms. The molecule has 0 bridgehead atoms. The van der Waals surface area contributed by atoms with Gasteiger partial charge in [0, 0.05) is 25.7 Å². The first-order valence-corrected chi connectivity index (χ1v) is 4.23. The second-order valence-corrected chi connectivity index (χ2v) is 3.64. The Bertz CT molecular complexity index is 111. The summed E-state index contributed by atoms with van der Waals surface area (Å²) in [4.78, 5) is 1.91. The maximum absolute atomic E-state index is 2.40. The van der Waals surface area contributed by atoms with Crippen molar-refractivity contribution in [2.45, 2.75) is 44.7 Å². The smallest absolute Gasteiger partial charge is 0.0881 e. The van der Waals surface area contributed by atoms with E-state index < -0.39 is 0 Å². The molecule has 2 saturated heterocycles. The summed E-state index contributed by atoms with van der Waals surface area (Å²) < 4.78 is 0. The number of quaternary nitrogens is 1. The first kappa shape index (κ1) is 5.72. The molecule has 0 aromatic rings. The highest BCUT2D eigenvalue weighted by atomic mass is 15.2. The van der Waals surface area contributed by atoms with Crippen LogP contribution in [0.4, 0.5) is 0 Å². The van der Waals surface area contributed by atoms with E-state index in [1.807, 2.05) is 4.90 Å². The van der Waals surface area contributed by atoms with E-state index in [-0.39, 0.29) is 0 Å². The summed E-state index contributed by atoms with van der Waals surface area (Å²) in [7, 11) is 0. The molecule has 2 fully saturated rings. The summed E-state index contributed by atoms with van der Waals surface area (Å²) in [5.41, 5.74) is 0. The molecule has 3 atom stereocenters. The fourth-order valence-electron chi connectivity index (χ4n) is 2.56. The lowest BCUT2D eigenvalue weighted by molar-refractivity contribution is -0.921. The van der Waals surface area contributed by atoms with Crippen LogP contribution in [0.2, 0.25) is 0 Å². The first-order valence-electron chi connectivity index (χ1n) is 4.23. The number of rotatable bonds is 0. The molecule has 0 radical (unpaired) electrons. The largest absolute Gasteiger partial charge is 0.330 e. The second-order valence-electron chi connectivity index (χ2n) is 3.64. The minimum absolute atomic E-state index is 0.984. The standard InChI is InChI=1S/C8H15N/c1-7-4-5-8-3-2-6-9(7)8/h7-8H,2-6H2,1H3/p+1/t7-,8?/m0/s1. The third kappa shape index (κ3) is 0.787. The highest BCUT2D eigenvalue weighted by molar-refractivity contribution is 4.72. The van der Waals surface area contributed by atoms with Gasteiger partial charge in [0.25, 0.3) is 0 Å². The number of hydrogen-bond donors (Lipinski definition) is 1. The number of hydrogen-bond acceptors (Lipinski definition) is 0. The molecule has 1 nitrogen and oxygen atoms in total. The molecule has 2 aliphatic heterocycles. The van der Waals surface area contributed by atoms with Crippen LogP contribution in [0.5, 0.6) is 0 Å². The average Bonchev–Trinajstić information content (AvgIpc) is 2.35. The topological polar surface area (TPSA) is 4.44 Å². The lowest BCUT2D eigenvalue weighted by Crippen LogP contribution is -3.14. The predicted molar refractivity (Wildman–Crippen MR) is 37.5 cm³/mol. The van der Waals surface area contributed by atoms with Crippen LogP contribution in [0.25, 0.3) is 0 Å². The molecule has 0 aromatic heterocycles. The maximum atomic E-state index is 2.40. The number of fused-ring (bicyclic) bond motifs is 1. The van der Waals surface area contributed by atoms with Crippen molar-refractivity contribution in [1.29, 1.82) is 0 Å².